The van der Waals surface area contributed by atoms with Crippen molar-refractivity contribution < 1.29 is 4.57 Å². The molecule has 0 N–H and O–H groups in total. The summed E-state index contributed by atoms with van der Waals surface area (Å²) in [6.07, 6.45) is 8.14. The summed E-state index contributed by atoms with van der Waals surface area (Å²) < 4.78 is 6.54. The van der Waals surface area contributed by atoms with Crippen molar-refractivity contribution in [2.75, 3.05) is 5.88 Å². The van der Waals surface area contributed by atoms with Gasteiger partial charge >= 0.3 is 0 Å². The van der Waals surface area contributed by atoms with E-state index in [4.69, 9.17) is 11.6 Å². The molecular formula is C13H20ClN4+. The highest BCUT2D eigenvalue weighted by molar-refractivity contribution is 6.17. The van der Waals surface area contributed by atoms with Crippen LogP contribution in [0.5, 0.6) is 0 Å². The zero-order chi connectivity index (χ0) is 13.1. The normalized spacial score (nSPS) is 11.4. The summed E-state index contributed by atoms with van der Waals surface area (Å²) in [4.78, 5) is 4.25. The lowest BCUT2D eigenvalue weighted by atomic mass is 10.1. The molecule has 0 atom stereocenters. The average molecular weight is 268 g/mol. The number of rotatable bonds is 5. The van der Waals surface area contributed by atoms with Gasteiger partial charge in [0.15, 0.2) is 6.67 Å². The fraction of sp³-hybridized carbons (Fsp3) is 0.538. The van der Waals surface area contributed by atoms with Gasteiger partial charge in [0.1, 0.15) is 24.3 Å². The molecule has 18 heavy (non-hydrogen) atoms. The van der Waals surface area contributed by atoms with Crippen molar-refractivity contribution in [2.45, 2.75) is 39.9 Å². The van der Waals surface area contributed by atoms with Crippen LogP contribution < -0.4 is 4.57 Å². The van der Waals surface area contributed by atoms with Crippen molar-refractivity contribution in [2.24, 2.45) is 0 Å². The highest BCUT2D eigenvalue weighted by Gasteiger charge is 2.17. The second kappa shape index (κ2) is 5.57. The molecule has 0 radical (unpaired) electrons. The van der Waals surface area contributed by atoms with Gasteiger partial charge in [-0.3, -0.25) is 4.57 Å². The first-order chi connectivity index (χ1) is 8.61. The molecule has 0 unspecified atom stereocenters. The van der Waals surface area contributed by atoms with Crippen LogP contribution >= 0.6 is 11.6 Å². The molecule has 0 aromatic carbocycles. The van der Waals surface area contributed by atoms with Crippen LogP contribution in [0.1, 0.15) is 31.3 Å². The molecule has 0 saturated heterocycles. The van der Waals surface area contributed by atoms with Crippen molar-refractivity contribution in [1.82, 2.24) is 14.1 Å². The van der Waals surface area contributed by atoms with Gasteiger partial charge in [-0.1, -0.05) is 13.8 Å². The van der Waals surface area contributed by atoms with E-state index in [2.05, 4.69) is 45.1 Å². The number of alkyl halides is 1. The molecular weight excluding hydrogens is 248 g/mol. The summed E-state index contributed by atoms with van der Waals surface area (Å²) >= 11 is 5.80. The number of nitrogens with zero attached hydrogens (tertiary/aromatic N) is 4. The maximum absolute atomic E-state index is 5.80. The van der Waals surface area contributed by atoms with Crippen LogP contribution in [0.2, 0.25) is 0 Å². The van der Waals surface area contributed by atoms with E-state index in [9.17, 15) is 0 Å². The lowest BCUT2D eigenvalue weighted by molar-refractivity contribution is -0.692. The van der Waals surface area contributed by atoms with Crippen LogP contribution in [0.25, 0.3) is 0 Å². The first kappa shape index (κ1) is 13.1. The van der Waals surface area contributed by atoms with E-state index >= 15 is 0 Å². The van der Waals surface area contributed by atoms with Gasteiger partial charge in [0.2, 0.25) is 6.33 Å². The second-order valence-corrected chi connectivity index (χ2v) is 5.18. The maximum atomic E-state index is 5.80. The molecule has 2 rings (SSSR count). The number of hydrogen-bond donors (Lipinski definition) is 0. The van der Waals surface area contributed by atoms with E-state index in [1.165, 1.54) is 5.69 Å². The smallest absolute Gasteiger partial charge is 0.245 e. The van der Waals surface area contributed by atoms with E-state index in [1.54, 1.807) is 0 Å². The predicted octanol–water partition coefficient (Wildman–Crippen LogP) is 2.15. The van der Waals surface area contributed by atoms with Crippen molar-refractivity contribution in [3.8, 4) is 0 Å². The SMILES string of the molecule is Cc1nccn1Cn1c[n+](CCCl)cc1C(C)C. The number of imidazole rings is 2. The monoisotopic (exact) mass is 267 g/mol. The molecule has 0 saturated carbocycles. The molecule has 0 fully saturated rings. The van der Waals surface area contributed by atoms with E-state index in [1.807, 2.05) is 19.3 Å². The topological polar surface area (TPSA) is 26.6 Å². The van der Waals surface area contributed by atoms with Crippen molar-refractivity contribution in [3.05, 3.63) is 36.4 Å². The summed E-state index contributed by atoms with van der Waals surface area (Å²) in [5.74, 6) is 2.16. The number of aryl methyl sites for hydroxylation is 2. The molecule has 98 valence electrons. The summed E-state index contributed by atoms with van der Waals surface area (Å²) in [5.41, 5.74) is 1.31. The summed E-state index contributed by atoms with van der Waals surface area (Å²) in [6.45, 7) is 8.08. The van der Waals surface area contributed by atoms with Crippen LogP contribution in [-0.2, 0) is 13.2 Å². The van der Waals surface area contributed by atoms with E-state index in [0.29, 0.717) is 11.8 Å². The Hall–Kier alpha value is -1.29. The number of hydrogen-bond acceptors (Lipinski definition) is 1. The minimum absolute atomic E-state index is 0.491. The van der Waals surface area contributed by atoms with E-state index in [0.717, 1.165) is 19.0 Å². The Morgan fingerprint density at radius 3 is 2.72 bits per heavy atom. The molecule has 0 spiro atoms. The molecule has 0 aliphatic carbocycles. The summed E-state index contributed by atoms with van der Waals surface area (Å²) in [7, 11) is 0. The highest BCUT2D eigenvalue weighted by Crippen LogP contribution is 2.13. The summed E-state index contributed by atoms with van der Waals surface area (Å²) in [6, 6.07) is 0. The van der Waals surface area contributed by atoms with Gasteiger partial charge in [0.05, 0.1) is 5.88 Å². The molecule has 5 heteroatoms. The fourth-order valence-corrected chi connectivity index (χ4v) is 2.25. The predicted molar refractivity (Wildman–Crippen MR) is 71.8 cm³/mol. The Morgan fingerprint density at radius 2 is 2.17 bits per heavy atom. The standard InChI is InChI=1S/C13H20ClN4/c1-11(2)13-8-16(6-4-14)9-18(13)10-17-7-5-15-12(17)3/h5,7-9,11H,4,6,10H2,1-3H3/q+1. The zero-order valence-corrected chi connectivity index (χ0v) is 11.9. The molecule has 0 amide bonds. The molecule has 2 aromatic rings. The van der Waals surface area contributed by atoms with Gasteiger partial charge in [-0.2, -0.15) is 0 Å². The molecule has 0 aliphatic rings. The Balaban J connectivity index is 2.28. The Morgan fingerprint density at radius 1 is 1.39 bits per heavy atom. The summed E-state index contributed by atoms with van der Waals surface area (Å²) in [5, 5.41) is 0. The first-order valence-corrected chi connectivity index (χ1v) is 6.78. The van der Waals surface area contributed by atoms with Gasteiger partial charge in [-0.05, 0) is 6.92 Å². The van der Waals surface area contributed by atoms with E-state index < -0.39 is 0 Å². The zero-order valence-electron chi connectivity index (χ0n) is 11.2. The number of halogens is 1. The largest absolute Gasteiger partial charge is 0.298 e. The Bertz CT molecular complexity index is 513. The van der Waals surface area contributed by atoms with Crippen molar-refractivity contribution >= 4 is 11.6 Å². The minimum atomic E-state index is 0.491. The van der Waals surface area contributed by atoms with Gasteiger partial charge in [-0.15, -0.1) is 11.6 Å². The minimum Gasteiger partial charge on any atom is -0.298 e. The fourth-order valence-electron chi connectivity index (χ4n) is 2.06. The van der Waals surface area contributed by atoms with Crippen LogP contribution in [0.15, 0.2) is 24.9 Å². The van der Waals surface area contributed by atoms with Gasteiger partial charge in [0.25, 0.3) is 0 Å². The first-order valence-electron chi connectivity index (χ1n) is 6.24. The lowest BCUT2D eigenvalue weighted by Crippen LogP contribution is -2.32. The molecule has 0 bridgehead atoms. The third-order valence-electron chi connectivity index (χ3n) is 3.08. The van der Waals surface area contributed by atoms with Crippen LogP contribution in [-0.4, -0.2) is 20.0 Å². The Kier molecular flexibility index (Phi) is 4.07. The molecule has 4 nitrogen and oxygen atoms in total. The Labute approximate surface area is 113 Å². The maximum Gasteiger partial charge on any atom is 0.245 e. The second-order valence-electron chi connectivity index (χ2n) is 4.81. The third-order valence-corrected chi connectivity index (χ3v) is 3.25. The van der Waals surface area contributed by atoms with E-state index in [-0.39, 0.29) is 0 Å². The van der Waals surface area contributed by atoms with Crippen LogP contribution in [0.4, 0.5) is 0 Å². The number of aromatic nitrogens is 4. The van der Waals surface area contributed by atoms with Crippen molar-refractivity contribution in [1.29, 1.82) is 0 Å². The molecule has 0 aliphatic heterocycles. The highest BCUT2D eigenvalue weighted by atomic mass is 35.5. The van der Waals surface area contributed by atoms with Crippen molar-refractivity contribution in [3.63, 3.8) is 0 Å². The molecule has 2 heterocycles. The van der Waals surface area contributed by atoms with Crippen LogP contribution in [0.3, 0.4) is 0 Å². The van der Waals surface area contributed by atoms with Gasteiger partial charge in [-0.25, -0.2) is 14.1 Å². The third kappa shape index (κ3) is 2.75. The van der Waals surface area contributed by atoms with Crippen LogP contribution in [0, 0.1) is 6.92 Å². The quantitative estimate of drug-likeness (QED) is 0.602. The van der Waals surface area contributed by atoms with Gasteiger partial charge < -0.3 is 0 Å². The molecule has 2 aromatic heterocycles. The van der Waals surface area contributed by atoms with Gasteiger partial charge in [0, 0.05) is 18.3 Å². The lowest BCUT2D eigenvalue weighted by Gasteiger charge is -2.06. The average Bonchev–Trinajstić information content (AvgIpc) is 2.88.